The average Bonchev–Trinajstić information content (AvgIpc) is 2.38. The quantitative estimate of drug-likeness (QED) is 0.827. The lowest BCUT2D eigenvalue weighted by Gasteiger charge is -2.19. The van der Waals surface area contributed by atoms with Gasteiger partial charge in [-0.3, -0.25) is 5.32 Å². The second-order valence-electron chi connectivity index (χ2n) is 4.70. The molecule has 0 saturated heterocycles. The molecule has 0 aliphatic rings. The van der Waals surface area contributed by atoms with Crippen LogP contribution < -0.4 is 5.32 Å². The normalized spacial score (nSPS) is 10.8. The van der Waals surface area contributed by atoms with Gasteiger partial charge in [-0.15, -0.1) is 6.42 Å². The van der Waals surface area contributed by atoms with Crippen LogP contribution in [0, 0.1) is 12.3 Å². The van der Waals surface area contributed by atoms with Crippen molar-refractivity contribution in [3.8, 4) is 12.3 Å². The lowest BCUT2D eigenvalue weighted by Crippen LogP contribution is -2.28. The molecule has 2 aromatic carbocycles. The van der Waals surface area contributed by atoms with E-state index in [4.69, 9.17) is 11.2 Å². The summed E-state index contributed by atoms with van der Waals surface area (Å²) in [6.45, 7) is 3.32. The SMILES string of the molecule is C#CC(C)(C)OC(=O)Nc1cccc2ccccc12. The number of ether oxygens (including phenoxy) is 1. The van der Waals surface area contributed by atoms with E-state index in [2.05, 4.69) is 11.2 Å². The summed E-state index contributed by atoms with van der Waals surface area (Å²) < 4.78 is 5.15. The molecule has 3 heteroatoms. The summed E-state index contributed by atoms with van der Waals surface area (Å²) in [5, 5.41) is 4.73. The highest BCUT2D eigenvalue weighted by Gasteiger charge is 2.19. The van der Waals surface area contributed by atoms with Gasteiger partial charge >= 0.3 is 6.09 Å². The van der Waals surface area contributed by atoms with Crippen LogP contribution in [0.15, 0.2) is 42.5 Å². The Kier molecular flexibility index (Phi) is 3.43. The first kappa shape index (κ1) is 13.0. The standard InChI is InChI=1S/C16H15NO2/c1-4-16(2,3)19-15(18)17-14-11-7-9-12-8-5-6-10-13(12)14/h1,5-11H,2-3H3,(H,17,18). The van der Waals surface area contributed by atoms with Crippen molar-refractivity contribution in [2.24, 2.45) is 0 Å². The van der Waals surface area contributed by atoms with Gasteiger partial charge in [0.15, 0.2) is 5.60 Å². The maximum atomic E-state index is 11.8. The number of hydrogen-bond donors (Lipinski definition) is 1. The Morgan fingerprint density at radius 3 is 2.63 bits per heavy atom. The molecule has 96 valence electrons. The van der Waals surface area contributed by atoms with Gasteiger partial charge in [0.05, 0.1) is 5.69 Å². The second kappa shape index (κ2) is 5.03. The number of rotatable bonds is 2. The zero-order valence-corrected chi connectivity index (χ0v) is 10.9. The third-order valence-electron chi connectivity index (χ3n) is 2.72. The van der Waals surface area contributed by atoms with Crippen LogP contribution in [0.3, 0.4) is 0 Å². The Bertz CT molecular complexity index is 648. The molecular formula is C16H15NO2. The topological polar surface area (TPSA) is 38.3 Å². The molecule has 19 heavy (non-hydrogen) atoms. The second-order valence-corrected chi connectivity index (χ2v) is 4.70. The number of carbonyl (C=O) groups is 1. The number of anilines is 1. The molecule has 0 atom stereocenters. The third kappa shape index (κ3) is 3.05. The summed E-state index contributed by atoms with van der Waals surface area (Å²) in [5.74, 6) is 2.41. The van der Waals surface area contributed by atoms with Crippen LogP contribution in [-0.2, 0) is 4.74 Å². The van der Waals surface area contributed by atoms with Crippen molar-refractivity contribution in [2.45, 2.75) is 19.4 Å². The summed E-state index contributed by atoms with van der Waals surface area (Å²) in [6.07, 6.45) is 4.73. The minimum Gasteiger partial charge on any atom is -0.430 e. The van der Waals surface area contributed by atoms with Crippen LogP contribution in [0.5, 0.6) is 0 Å². The maximum Gasteiger partial charge on any atom is 0.413 e. The first-order chi connectivity index (χ1) is 9.02. The molecule has 3 nitrogen and oxygen atoms in total. The number of benzene rings is 2. The summed E-state index contributed by atoms with van der Waals surface area (Å²) >= 11 is 0. The van der Waals surface area contributed by atoms with E-state index in [1.165, 1.54) is 0 Å². The predicted octanol–water partition coefficient (Wildman–Crippen LogP) is 3.80. The summed E-state index contributed by atoms with van der Waals surface area (Å²) in [7, 11) is 0. The zero-order chi connectivity index (χ0) is 13.9. The Morgan fingerprint density at radius 2 is 1.89 bits per heavy atom. The molecule has 0 aliphatic heterocycles. The lowest BCUT2D eigenvalue weighted by atomic mass is 10.1. The molecule has 2 aromatic rings. The van der Waals surface area contributed by atoms with Gasteiger partial charge in [0, 0.05) is 5.39 Å². The molecule has 0 aromatic heterocycles. The highest BCUT2D eigenvalue weighted by Crippen LogP contribution is 2.23. The van der Waals surface area contributed by atoms with Gasteiger partial charge in [0.25, 0.3) is 0 Å². The van der Waals surface area contributed by atoms with Crippen molar-refractivity contribution in [3.05, 3.63) is 42.5 Å². The van der Waals surface area contributed by atoms with Crippen molar-refractivity contribution in [1.29, 1.82) is 0 Å². The smallest absolute Gasteiger partial charge is 0.413 e. The molecular weight excluding hydrogens is 238 g/mol. The third-order valence-corrected chi connectivity index (χ3v) is 2.72. The number of fused-ring (bicyclic) bond motifs is 1. The van der Waals surface area contributed by atoms with Crippen molar-refractivity contribution in [2.75, 3.05) is 5.32 Å². The number of terminal acetylenes is 1. The van der Waals surface area contributed by atoms with E-state index in [0.717, 1.165) is 10.8 Å². The van der Waals surface area contributed by atoms with Crippen LogP contribution in [-0.4, -0.2) is 11.7 Å². The fraction of sp³-hybridized carbons (Fsp3) is 0.188. The fourth-order valence-corrected chi connectivity index (χ4v) is 1.73. The molecule has 0 aliphatic carbocycles. The molecule has 0 spiro atoms. The molecule has 0 saturated carbocycles. The number of carbonyl (C=O) groups excluding carboxylic acids is 1. The number of amides is 1. The highest BCUT2D eigenvalue weighted by atomic mass is 16.6. The molecule has 0 bridgehead atoms. The van der Waals surface area contributed by atoms with Gasteiger partial charge < -0.3 is 4.74 Å². The van der Waals surface area contributed by atoms with Gasteiger partial charge in [-0.05, 0) is 25.3 Å². The van der Waals surface area contributed by atoms with Crippen molar-refractivity contribution in [1.82, 2.24) is 0 Å². The highest BCUT2D eigenvalue weighted by molar-refractivity contribution is 6.00. The monoisotopic (exact) mass is 253 g/mol. The molecule has 0 unspecified atom stereocenters. The van der Waals surface area contributed by atoms with Crippen molar-refractivity contribution >= 4 is 22.6 Å². The fourth-order valence-electron chi connectivity index (χ4n) is 1.73. The van der Waals surface area contributed by atoms with Crippen LogP contribution in [0.4, 0.5) is 10.5 Å². The van der Waals surface area contributed by atoms with Crippen LogP contribution in [0.25, 0.3) is 10.8 Å². The average molecular weight is 253 g/mol. The van der Waals surface area contributed by atoms with Crippen LogP contribution in [0.2, 0.25) is 0 Å². The van der Waals surface area contributed by atoms with E-state index in [1.807, 2.05) is 42.5 Å². The molecule has 1 N–H and O–H groups in total. The Hall–Kier alpha value is -2.47. The molecule has 0 radical (unpaired) electrons. The van der Waals surface area contributed by atoms with E-state index in [1.54, 1.807) is 13.8 Å². The van der Waals surface area contributed by atoms with Crippen molar-refractivity contribution in [3.63, 3.8) is 0 Å². The minimum absolute atomic E-state index is 0.556. The van der Waals surface area contributed by atoms with Crippen LogP contribution in [0.1, 0.15) is 13.8 Å². The summed E-state index contributed by atoms with van der Waals surface area (Å²) in [6, 6.07) is 13.5. The summed E-state index contributed by atoms with van der Waals surface area (Å²) in [4.78, 5) is 11.8. The molecule has 0 fully saturated rings. The maximum absolute atomic E-state index is 11.8. The van der Waals surface area contributed by atoms with Gasteiger partial charge in [0.1, 0.15) is 0 Å². The van der Waals surface area contributed by atoms with Gasteiger partial charge in [-0.25, -0.2) is 4.79 Å². The number of hydrogen-bond acceptors (Lipinski definition) is 2. The molecule has 1 amide bonds. The van der Waals surface area contributed by atoms with E-state index in [9.17, 15) is 4.79 Å². The number of nitrogens with one attached hydrogen (secondary N) is 1. The minimum atomic E-state index is -0.922. The Morgan fingerprint density at radius 1 is 1.21 bits per heavy atom. The first-order valence-corrected chi connectivity index (χ1v) is 5.97. The predicted molar refractivity (Wildman–Crippen MR) is 77.0 cm³/mol. The molecule has 2 rings (SSSR count). The van der Waals surface area contributed by atoms with Crippen molar-refractivity contribution < 1.29 is 9.53 Å². The van der Waals surface area contributed by atoms with Crippen LogP contribution >= 0.6 is 0 Å². The Labute approximate surface area is 112 Å². The van der Waals surface area contributed by atoms with E-state index < -0.39 is 11.7 Å². The summed E-state index contributed by atoms with van der Waals surface area (Å²) in [5.41, 5.74) is -0.217. The Balaban J connectivity index is 2.23. The van der Waals surface area contributed by atoms with Gasteiger partial charge in [0.2, 0.25) is 0 Å². The van der Waals surface area contributed by atoms with E-state index >= 15 is 0 Å². The van der Waals surface area contributed by atoms with Gasteiger partial charge in [-0.1, -0.05) is 42.3 Å². The van der Waals surface area contributed by atoms with E-state index in [-0.39, 0.29) is 0 Å². The first-order valence-electron chi connectivity index (χ1n) is 5.97. The van der Waals surface area contributed by atoms with E-state index in [0.29, 0.717) is 5.69 Å². The largest absolute Gasteiger partial charge is 0.430 e. The molecule has 0 heterocycles. The zero-order valence-electron chi connectivity index (χ0n) is 10.9. The van der Waals surface area contributed by atoms with Gasteiger partial charge in [-0.2, -0.15) is 0 Å². The lowest BCUT2D eigenvalue weighted by molar-refractivity contribution is 0.0906.